The number of carbonyl (C=O) groups is 2. The predicted octanol–water partition coefficient (Wildman–Crippen LogP) is 3.49. The Balaban J connectivity index is 0.00000242. The van der Waals surface area contributed by atoms with Crippen LogP contribution >= 0.6 is 24.8 Å². The largest absolute Gasteiger partial charge is 0.340 e. The zero-order valence-corrected chi connectivity index (χ0v) is 26.9. The van der Waals surface area contributed by atoms with E-state index in [0.29, 0.717) is 25.6 Å². The van der Waals surface area contributed by atoms with Gasteiger partial charge in [0.05, 0.1) is 17.9 Å². The third-order valence-corrected chi connectivity index (χ3v) is 8.75. The number of anilines is 1. The molecule has 2 amide bonds. The van der Waals surface area contributed by atoms with Crippen LogP contribution in [-0.2, 0) is 21.4 Å². The molecule has 4 heterocycles. The molecule has 0 bridgehead atoms. The number of pyridine rings is 1. The molecule has 5 rings (SSSR count). The third-order valence-electron chi connectivity index (χ3n) is 8.75. The van der Waals surface area contributed by atoms with Crippen LogP contribution in [0.1, 0.15) is 51.4 Å². The van der Waals surface area contributed by atoms with Gasteiger partial charge in [0.25, 0.3) is 0 Å². The highest BCUT2D eigenvalue weighted by atomic mass is 35.5. The molecule has 11 heteroatoms. The molecule has 0 aliphatic carbocycles. The number of aromatic nitrogens is 1. The fourth-order valence-electron chi connectivity index (χ4n) is 6.42. The van der Waals surface area contributed by atoms with Crippen molar-refractivity contribution in [2.75, 3.05) is 57.3 Å². The van der Waals surface area contributed by atoms with Crippen LogP contribution in [0.25, 0.3) is 0 Å². The van der Waals surface area contributed by atoms with Gasteiger partial charge in [-0.15, -0.1) is 24.8 Å². The number of rotatable bonds is 6. The fourth-order valence-corrected chi connectivity index (χ4v) is 6.42. The Morgan fingerprint density at radius 3 is 2.43 bits per heavy atom. The van der Waals surface area contributed by atoms with E-state index in [0.717, 1.165) is 61.8 Å². The van der Waals surface area contributed by atoms with Gasteiger partial charge >= 0.3 is 0 Å². The maximum atomic E-state index is 13.9. The summed E-state index contributed by atoms with van der Waals surface area (Å²) >= 11 is 0. The molecule has 1 aromatic carbocycles. The summed E-state index contributed by atoms with van der Waals surface area (Å²) in [6.45, 7) is 16.1. The zero-order valence-electron chi connectivity index (χ0n) is 25.3. The lowest BCUT2D eigenvalue weighted by Crippen LogP contribution is -2.63. The first kappa shape index (κ1) is 34.2. The zero-order chi connectivity index (χ0) is 28.6. The van der Waals surface area contributed by atoms with E-state index in [9.17, 15) is 14.0 Å². The Hall–Kier alpha value is -2.30. The minimum absolute atomic E-state index is 0. The number of piperazine rings is 2. The fraction of sp³-hybridized carbons (Fsp3) is 0.581. The van der Waals surface area contributed by atoms with Gasteiger partial charge in [0.2, 0.25) is 11.8 Å². The number of hydrogen-bond donors (Lipinski definition) is 1. The van der Waals surface area contributed by atoms with Gasteiger partial charge in [-0.1, -0.05) is 26.0 Å². The summed E-state index contributed by atoms with van der Waals surface area (Å²) in [5, 5.41) is 3.61. The normalized spacial score (nSPS) is 24.0. The lowest BCUT2D eigenvalue weighted by molar-refractivity contribution is -0.132. The van der Waals surface area contributed by atoms with Crippen molar-refractivity contribution >= 4 is 42.3 Å². The van der Waals surface area contributed by atoms with Crippen molar-refractivity contribution in [1.82, 2.24) is 25.0 Å². The summed E-state index contributed by atoms with van der Waals surface area (Å²) in [4.78, 5) is 39.3. The number of benzene rings is 1. The molecule has 0 spiro atoms. The van der Waals surface area contributed by atoms with Crippen LogP contribution < -0.4 is 10.2 Å². The molecule has 3 aliphatic rings. The molecule has 3 atom stereocenters. The second kappa shape index (κ2) is 14.0. The number of carbonyl (C=O) groups excluding carboxylic acids is 2. The number of nitrogens with one attached hydrogen (secondary N) is 1. The van der Waals surface area contributed by atoms with Crippen LogP contribution in [0.15, 0.2) is 36.5 Å². The lowest BCUT2D eigenvalue weighted by Gasteiger charge is -2.45. The summed E-state index contributed by atoms with van der Waals surface area (Å²) in [7, 11) is 0. The van der Waals surface area contributed by atoms with Gasteiger partial charge in [0.1, 0.15) is 5.82 Å². The van der Waals surface area contributed by atoms with Crippen LogP contribution in [0, 0.1) is 5.82 Å². The van der Waals surface area contributed by atoms with E-state index in [1.165, 1.54) is 12.1 Å². The molecule has 1 unspecified atom stereocenters. The summed E-state index contributed by atoms with van der Waals surface area (Å²) < 4.78 is 13.4. The summed E-state index contributed by atoms with van der Waals surface area (Å²) in [6.07, 6.45) is 2.52. The molecular formula is C31H45Cl2FN6O2. The predicted molar refractivity (Wildman–Crippen MR) is 169 cm³/mol. The average molecular weight is 624 g/mol. The van der Waals surface area contributed by atoms with Crippen LogP contribution in [-0.4, -0.2) is 102 Å². The molecule has 3 aliphatic heterocycles. The van der Waals surface area contributed by atoms with Crippen molar-refractivity contribution in [3.63, 3.8) is 0 Å². The molecule has 2 fully saturated rings. The van der Waals surface area contributed by atoms with E-state index in [2.05, 4.69) is 48.9 Å². The smallest absolute Gasteiger partial charge is 0.241 e. The standard InChI is InChI=1S/C31H43FN6O2.2ClH/c1-21-16-37(27(15-33-21)18-35-10-11-36(23(3)39)17-22(35)2)19-29(40)38-20-31(4,5)30-28(38)13-25(14-34-30)12-24-6-8-26(32)9-7-24;;/h6-9,13-14,21-22,27,33H,10-12,15-20H2,1-5H3;2*1H/t21-,22?,27-;;/m1../s1. The van der Waals surface area contributed by atoms with Gasteiger partial charge in [-0.05, 0) is 49.6 Å². The monoisotopic (exact) mass is 622 g/mol. The SMILES string of the molecule is CC(=O)N1CCN(C[C@H]2CN[C@H](C)CN2CC(=O)N2CC(C)(C)c3ncc(Cc4ccc(F)cc4)cc32)C(C)C1.Cl.Cl. The number of amides is 2. The first-order chi connectivity index (χ1) is 19.0. The molecular weight excluding hydrogens is 578 g/mol. The molecule has 2 aromatic rings. The van der Waals surface area contributed by atoms with Gasteiger partial charge in [-0.25, -0.2) is 4.39 Å². The highest BCUT2D eigenvalue weighted by molar-refractivity contribution is 5.97. The van der Waals surface area contributed by atoms with E-state index >= 15 is 0 Å². The highest BCUT2D eigenvalue weighted by Gasteiger charge is 2.41. The number of halogens is 3. The van der Waals surface area contributed by atoms with Crippen molar-refractivity contribution in [3.05, 3.63) is 59.2 Å². The highest BCUT2D eigenvalue weighted by Crippen LogP contribution is 2.39. The van der Waals surface area contributed by atoms with Gasteiger partial charge in [-0.2, -0.15) is 0 Å². The third kappa shape index (κ3) is 7.61. The molecule has 1 N–H and O–H groups in total. The second-order valence-electron chi connectivity index (χ2n) is 12.6. The molecule has 8 nitrogen and oxygen atoms in total. The van der Waals surface area contributed by atoms with Crippen LogP contribution in [0.5, 0.6) is 0 Å². The van der Waals surface area contributed by atoms with E-state index in [4.69, 9.17) is 4.98 Å². The Morgan fingerprint density at radius 2 is 1.76 bits per heavy atom. The molecule has 0 radical (unpaired) electrons. The van der Waals surface area contributed by atoms with Crippen LogP contribution in [0.2, 0.25) is 0 Å². The number of hydrogen-bond acceptors (Lipinski definition) is 6. The van der Waals surface area contributed by atoms with Gasteiger partial charge in [-0.3, -0.25) is 24.4 Å². The average Bonchev–Trinajstić information content (AvgIpc) is 3.18. The molecule has 1 aromatic heterocycles. The first-order valence-electron chi connectivity index (χ1n) is 14.5. The Bertz CT molecular complexity index is 1250. The van der Waals surface area contributed by atoms with Gasteiger partial charge in [0, 0.05) is 82.5 Å². The Kier molecular flexibility index (Phi) is 11.4. The number of fused-ring (bicyclic) bond motifs is 1. The van der Waals surface area contributed by atoms with Crippen molar-refractivity contribution < 1.29 is 14.0 Å². The van der Waals surface area contributed by atoms with E-state index in [1.807, 2.05) is 16.0 Å². The van der Waals surface area contributed by atoms with E-state index in [1.54, 1.807) is 19.1 Å². The summed E-state index contributed by atoms with van der Waals surface area (Å²) in [5.41, 5.74) is 3.62. The van der Waals surface area contributed by atoms with Gasteiger partial charge < -0.3 is 15.1 Å². The Morgan fingerprint density at radius 1 is 1.05 bits per heavy atom. The molecule has 2 saturated heterocycles. The van der Waals surface area contributed by atoms with Crippen LogP contribution in [0.4, 0.5) is 10.1 Å². The van der Waals surface area contributed by atoms with E-state index in [-0.39, 0.29) is 59.9 Å². The molecule has 232 valence electrons. The number of nitrogens with zero attached hydrogens (tertiary/aromatic N) is 5. The Labute approximate surface area is 261 Å². The minimum atomic E-state index is -0.248. The maximum absolute atomic E-state index is 13.9. The quantitative estimate of drug-likeness (QED) is 0.532. The van der Waals surface area contributed by atoms with Crippen molar-refractivity contribution in [2.45, 2.75) is 64.6 Å². The summed E-state index contributed by atoms with van der Waals surface area (Å²) in [5.74, 6) is -0.0141. The van der Waals surface area contributed by atoms with E-state index < -0.39 is 0 Å². The van der Waals surface area contributed by atoms with Gasteiger partial charge in [0.15, 0.2) is 0 Å². The lowest BCUT2D eigenvalue weighted by atomic mass is 9.91. The van der Waals surface area contributed by atoms with Crippen molar-refractivity contribution in [2.24, 2.45) is 0 Å². The minimum Gasteiger partial charge on any atom is -0.340 e. The topological polar surface area (TPSA) is 72.0 Å². The summed E-state index contributed by atoms with van der Waals surface area (Å²) in [6, 6.07) is 9.43. The van der Waals surface area contributed by atoms with Crippen molar-refractivity contribution in [3.8, 4) is 0 Å². The maximum Gasteiger partial charge on any atom is 0.241 e. The first-order valence-corrected chi connectivity index (χ1v) is 14.5. The molecule has 0 saturated carbocycles. The second-order valence-corrected chi connectivity index (χ2v) is 12.6. The molecule has 42 heavy (non-hydrogen) atoms. The van der Waals surface area contributed by atoms with Crippen LogP contribution in [0.3, 0.4) is 0 Å². The van der Waals surface area contributed by atoms with Crippen molar-refractivity contribution in [1.29, 1.82) is 0 Å².